The third-order valence-electron chi connectivity index (χ3n) is 3.76. The van der Waals surface area contributed by atoms with Crippen LogP contribution in [-0.4, -0.2) is 35.5 Å². The molecule has 0 bridgehead atoms. The molecule has 0 aromatic heterocycles. The highest BCUT2D eigenvalue weighted by Crippen LogP contribution is 2.32. The number of nitrogens with one attached hydrogen (secondary N) is 1. The van der Waals surface area contributed by atoms with Gasteiger partial charge in [0.25, 0.3) is 0 Å². The number of rotatable bonds is 9. The molecule has 27 heavy (non-hydrogen) atoms. The zero-order chi connectivity index (χ0) is 19.8. The Morgan fingerprint density at radius 3 is 2.48 bits per heavy atom. The van der Waals surface area contributed by atoms with Crippen LogP contribution in [0.5, 0.6) is 11.5 Å². The Kier molecular flexibility index (Phi) is 7.03. The number of aliphatic carboxylic acids is 1. The van der Waals surface area contributed by atoms with E-state index >= 15 is 0 Å². The molecular weight excluding hydrogens is 348 g/mol. The minimum Gasteiger partial charge on any atom is -0.490 e. The summed E-state index contributed by atoms with van der Waals surface area (Å²) in [7, 11) is 0. The molecule has 0 fully saturated rings. The lowest BCUT2D eigenvalue weighted by atomic mass is 10.1. The van der Waals surface area contributed by atoms with E-state index in [1.165, 1.54) is 0 Å². The predicted molar refractivity (Wildman–Crippen MR) is 99.9 cm³/mol. The molecule has 0 aliphatic carbocycles. The minimum atomic E-state index is -1.06. The van der Waals surface area contributed by atoms with E-state index < -0.39 is 18.1 Å². The fraction of sp³-hybridized carbons (Fsp3) is 0.300. The van der Waals surface area contributed by atoms with E-state index in [2.05, 4.69) is 5.32 Å². The molecule has 0 amide bonds. The molecule has 142 valence electrons. The molecule has 2 rings (SSSR count). The van der Waals surface area contributed by atoms with E-state index in [9.17, 15) is 9.90 Å². The fourth-order valence-corrected chi connectivity index (χ4v) is 2.42. The van der Waals surface area contributed by atoms with Crippen LogP contribution >= 0.6 is 0 Å². The molecule has 0 aliphatic heterocycles. The van der Waals surface area contributed by atoms with Crippen molar-refractivity contribution in [1.29, 1.82) is 5.26 Å². The third kappa shape index (κ3) is 5.36. The third-order valence-corrected chi connectivity index (χ3v) is 3.76. The van der Waals surface area contributed by atoms with Crippen LogP contribution in [0.15, 0.2) is 42.5 Å². The Hall–Kier alpha value is -3.24. The van der Waals surface area contributed by atoms with Gasteiger partial charge in [-0.3, -0.25) is 0 Å². The predicted octanol–water partition coefficient (Wildman–Crippen LogP) is 2.95. The summed E-state index contributed by atoms with van der Waals surface area (Å²) in [6.45, 7) is 3.77. The molecule has 3 N–H and O–H groups in total. The van der Waals surface area contributed by atoms with E-state index in [1.54, 1.807) is 49.4 Å². The van der Waals surface area contributed by atoms with Gasteiger partial charge in [0.05, 0.1) is 24.8 Å². The molecule has 0 radical (unpaired) electrons. The largest absolute Gasteiger partial charge is 0.490 e. The van der Waals surface area contributed by atoms with Crippen LogP contribution in [0.2, 0.25) is 0 Å². The first kappa shape index (κ1) is 20.1. The van der Waals surface area contributed by atoms with Gasteiger partial charge in [-0.1, -0.05) is 6.07 Å². The second-order valence-corrected chi connectivity index (χ2v) is 5.85. The van der Waals surface area contributed by atoms with Crippen LogP contribution < -0.4 is 14.8 Å². The number of carbonyl (C=O) groups is 1. The number of aliphatic hydroxyl groups is 1. The number of benzene rings is 2. The average Bonchev–Trinajstić information content (AvgIpc) is 2.67. The van der Waals surface area contributed by atoms with Gasteiger partial charge in [0.15, 0.2) is 17.5 Å². The SMILES string of the molecule is CCOc1cc(C(Nc2ccc(C#N)cc2)C(=O)O)ccc1O[C@H](C)CO. The number of hydrogen-bond acceptors (Lipinski definition) is 6. The zero-order valence-corrected chi connectivity index (χ0v) is 15.2. The number of anilines is 1. The zero-order valence-electron chi connectivity index (χ0n) is 15.2. The Morgan fingerprint density at radius 2 is 1.93 bits per heavy atom. The Labute approximate surface area is 157 Å². The molecule has 1 unspecified atom stereocenters. The van der Waals surface area contributed by atoms with Crippen molar-refractivity contribution in [2.45, 2.75) is 26.0 Å². The number of aliphatic hydroxyl groups excluding tert-OH is 1. The van der Waals surface area contributed by atoms with E-state index in [4.69, 9.17) is 19.8 Å². The number of ether oxygens (including phenoxy) is 2. The van der Waals surface area contributed by atoms with Gasteiger partial charge in [-0.15, -0.1) is 0 Å². The molecule has 0 heterocycles. The van der Waals surface area contributed by atoms with Gasteiger partial charge in [0, 0.05) is 5.69 Å². The van der Waals surface area contributed by atoms with Gasteiger partial charge in [-0.25, -0.2) is 4.79 Å². The molecular formula is C20H22N2O5. The van der Waals surface area contributed by atoms with Gasteiger partial charge in [-0.05, 0) is 55.8 Å². The van der Waals surface area contributed by atoms with Crippen molar-refractivity contribution in [1.82, 2.24) is 0 Å². The average molecular weight is 370 g/mol. The van der Waals surface area contributed by atoms with E-state index in [0.29, 0.717) is 34.9 Å². The van der Waals surface area contributed by atoms with E-state index in [0.717, 1.165) is 0 Å². The summed E-state index contributed by atoms with van der Waals surface area (Å²) < 4.78 is 11.2. The Morgan fingerprint density at radius 1 is 1.22 bits per heavy atom. The summed E-state index contributed by atoms with van der Waals surface area (Å²) in [5, 5.41) is 30.6. The standard InChI is InChI=1S/C20H22N2O5/c1-3-26-18-10-15(6-9-17(18)27-13(2)12-23)19(20(24)25)22-16-7-4-14(11-21)5-8-16/h4-10,13,19,22-23H,3,12H2,1-2H3,(H,24,25)/t13-,19?/m1/s1. The molecule has 0 saturated carbocycles. The minimum absolute atomic E-state index is 0.148. The van der Waals surface area contributed by atoms with Crippen molar-refractivity contribution < 1.29 is 24.5 Å². The van der Waals surface area contributed by atoms with Crippen molar-refractivity contribution in [2.24, 2.45) is 0 Å². The first-order chi connectivity index (χ1) is 13.0. The summed E-state index contributed by atoms with van der Waals surface area (Å²) >= 11 is 0. The lowest BCUT2D eigenvalue weighted by molar-refractivity contribution is -0.138. The van der Waals surface area contributed by atoms with Crippen molar-refractivity contribution in [3.8, 4) is 17.6 Å². The normalized spacial score (nSPS) is 12.5. The number of carboxylic acids is 1. The quantitative estimate of drug-likeness (QED) is 0.622. The molecule has 7 heteroatoms. The monoisotopic (exact) mass is 370 g/mol. The van der Waals surface area contributed by atoms with Crippen molar-refractivity contribution >= 4 is 11.7 Å². The summed E-state index contributed by atoms with van der Waals surface area (Å²) in [5.74, 6) is -0.216. The van der Waals surface area contributed by atoms with Crippen molar-refractivity contribution in [3.63, 3.8) is 0 Å². The lowest BCUT2D eigenvalue weighted by Crippen LogP contribution is -2.21. The summed E-state index contributed by atoms with van der Waals surface area (Å²) in [4.78, 5) is 11.8. The van der Waals surface area contributed by atoms with E-state index in [-0.39, 0.29) is 6.61 Å². The van der Waals surface area contributed by atoms with Crippen LogP contribution in [0.1, 0.15) is 31.0 Å². The smallest absolute Gasteiger partial charge is 0.330 e. The first-order valence-electron chi connectivity index (χ1n) is 8.52. The van der Waals surface area contributed by atoms with E-state index in [1.807, 2.05) is 13.0 Å². The molecule has 2 aromatic rings. The topological polar surface area (TPSA) is 112 Å². The van der Waals surface area contributed by atoms with Gasteiger partial charge in [0.2, 0.25) is 0 Å². The maximum atomic E-state index is 11.8. The van der Waals surface area contributed by atoms with Crippen LogP contribution in [0.25, 0.3) is 0 Å². The number of nitriles is 1. The highest BCUT2D eigenvalue weighted by molar-refractivity contribution is 5.79. The Bertz CT molecular complexity index is 814. The number of hydrogen-bond donors (Lipinski definition) is 3. The highest BCUT2D eigenvalue weighted by atomic mass is 16.5. The van der Waals surface area contributed by atoms with Crippen LogP contribution in [0.3, 0.4) is 0 Å². The molecule has 0 spiro atoms. The number of carboxylic acid groups (broad SMARTS) is 1. The van der Waals surface area contributed by atoms with Gasteiger partial charge >= 0.3 is 5.97 Å². The van der Waals surface area contributed by atoms with Crippen molar-refractivity contribution in [3.05, 3.63) is 53.6 Å². The Balaban J connectivity index is 2.31. The fourth-order valence-electron chi connectivity index (χ4n) is 2.42. The van der Waals surface area contributed by atoms with Crippen LogP contribution in [0.4, 0.5) is 5.69 Å². The number of nitrogens with zero attached hydrogens (tertiary/aromatic N) is 1. The summed E-state index contributed by atoms with van der Waals surface area (Å²) in [6.07, 6.45) is -0.415. The second-order valence-electron chi connectivity index (χ2n) is 5.85. The van der Waals surface area contributed by atoms with Crippen molar-refractivity contribution in [2.75, 3.05) is 18.5 Å². The summed E-state index contributed by atoms with van der Waals surface area (Å²) in [6, 6.07) is 12.4. The highest BCUT2D eigenvalue weighted by Gasteiger charge is 2.22. The van der Waals surface area contributed by atoms with Gasteiger partial charge < -0.3 is 25.0 Å². The maximum Gasteiger partial charge on any atom is 0.330 e. The van der Waals surface area contributed by atoms with Crippen LogP contribution in [-0.2, 0) is 4.79 Å². The molecule has 2 aromatic carbocycles. The van der Waals surface area contributed by atoms with Crippen LogP contribution in [0, 0.1) is 11.3 Å². The molecule has 7 nitrogen and oxygen atoms in total. The van der Waals surface area contributed by atoms with Gasteiger partial charge in [-0.2, -0.15) is 5.26 Å². The maximum absolute atomic E-state index is 11.8. The first-order valence-corrected chi connectivity index (χ1v) is 8.52. The molecule has 2 atom stereocenters. The lowest BCUT2D eigenvalue weighted by Gasteiger charge is -2.20. The molecule has 0 saturated heterocycles. The summed E-state index contributed by atoms with van der Waals surface area (Å²) in [5.41, 5.74) is 1.55. The second kappa shape index (κ2) is 9.46. The van der Waals surface area contributed by atoms with Gasteiger partial charge in [0.1, 0.15) is 6.10 Å². The molecule has 0 aliphatic rings.